The molecule has 1 fully saturated rings. The number of fused-ring (bicyclic) bond motifs is 3. The summed E-state index contributed by atoms with van der Waals surface area (Å²) in [6.45, 7) is 3.50. The highest BCUT2D eigenvalue weighted by atomic mass is 35.5. The molecule has 0 saturated carbocycles. The van der Waals surface area contributed by atoms with E-state index in [4.69, 9.17) is 11.6 Å². The van der Waals surface area contributed by atoms with Crippen LogP contribution in [0.4, 0.5) is 5.69 Å². The van der Waals surface area contributed by atoms with E-state index in [1.807, 2.05) is 6.07 Å². The number of rotatable bonds is 0. The molecule has 1 aromatic carbocycles. The summed E-state index contributed by atoms with van der Waals surface area (Å²) >= 11 is 6.32. The molecule has 86 valence electrons. The number of nitrogens with zero attached hydrogens (tertiary/aromatic N) is 2. The van der Waals surface area contributed by atoms with Crippen molar-refractivity contribution in [2.45, 2.75) is 18.9 Å². The van der Waals surface area contributed by atoms with E-state index in [-0.39, 0.29) is 0 Å². The van der Waals surface area contributed by atoms with Gasteiger partial charge in [-0.1, -0.05) is 23.7 Å². The molecule has 0 spiro atoms. The van der Waals surface area contributed by atoms with Crippen LogP contribution in [0.5, 0.6) is 0 Å². The second kappa shape index (κ2) is 3.94. The average Bonchev–Trinajstić information content (AvgIpc) is 2.48. The van der Waals surface area contributed by atoms with Crippen LogP contribution in [0.1, 0.15) is 12.0 Å². The molecule has 2 aliphatic rings. The van der Waals surface area contributed by atoms with Crippen molar-refractivity contribution in [3.8, 4) is 0 Å². The van der Waals surface area contributed by atoms with Crippen LogP contribution in [0.25, 0.3) is 0 Å². The first kappa shape index (κ1) is 10.4. The van der Waals surface area contributed by atoms with Crippen LogP contribution < -0.4 is 4.90 Å². The van der Waals surface area contributed by atoms with Crippen LogP contribution >= 0.6 is 11.6 Å². The van der Waals surface area contributed by atoms with Crippen LogP contribution in [-0.4, -0.2) is 37.6 Å². The lowest BCUT2D eigenvalue weighted by Crippen LogP contribution is -2.37. The molecule has 2 nitrogen and oxygen atoms in total. The van der Waals surface area contributed by atoms with E-state index in [9.17, 15) is 0 Å². The van der Waals surface area contributed by atoms with Gasteiger partial charge in [0.05, 0.1) is 10.7 Å². The smallest absolute Gasteiger partial charge is 0.0642 e. The van der Waals surface area contributed by atoms with Gasteiger partial charge in [0.15, 0.2) is 0 Å². The van der Waals surface area contributed by atoms with Crippen molar-refractivity contribution in [1.82, 2.24) is 4.90 Å². The van der Waals surface area contributed by atoms with Crippen molar-refractivity contribution in [3.63, 3.8) is 0 Å². The van der Waals surface area contributed by atoms with Crippen LogP contribution in [-0.2, 0) is 6.42 Å². The van der Waals surface area contributed by atoms with Gasteiger partial charge in [-0.25, -0.2) is 0 Å². The highest BCUT2D eigenvalue weighted by Crippen LogP contribution is 2.38. The Morgan fingerprint density at radius 3 is 3.06 bits per heavy atom. The van der Waals surface area contributed by atoms with Crippen LogP contribution in [0.15, 0.2) is 18.2 Å². The van der Waals surface area contributed by atoms with Crippen LogP contribution in [0, 0.1) is 0 Å². The van der Waals surface area contributed by atoms with Crippen molar-refractivity contribution in [1.29, 1.82) is 0 Å². The average molecular weight is 237 g/mol. The Morgan fingerprint density at radius 1 is 1.31 bits per heavy atom. The number of para-hydroxylation sites is 1. The highest BCUT2D eigenvalue weighted by Gasteiger charge is 2.32. The van der Waals surface area contributed by atoms with Gasteiger partial charge in [-0.3, -0.25) is 0 Å². The van der Waals surface area contributed by atoms with Gasteiger partial charge in [0.25, 0.3) is 0 Å². The lowest BCUT2D eigenvalue weighted by Gasteiger charge is -2.26. The Labute approximate surface area is 102 Å². The topological polar surface area (TPSA) is 6.48 Å². The number of hydrogen-bond acceptors (Lipinski definition) is 2. The molecule has 0 radical (unpaired) electrons. The molecule has 0 N–H and O–H groups in total. The Hall–Kier alpha value is -0.730. The standard InChI is InChI=1S/C13H17ClN2/c1-15-6-3-7-16-11(9-15)8-10-4-2-5-12(14)13(10)16/h2,4-5,11H,3,6-9H2,1H3. The fourth-order valence-corrected chi connectivity index (χ4v) is 3.32. The van der Waals surface area contributed by atoms with E-state index in [0.29, 0.717) is 6.04 Å². The molecule has 16 heavy (non-hydrogen) atoms. The van der Waals surface area contributed by atoms with Crippen molar-refractivity contribution in [2.75, 3.05) is 31.6 Å². The van der Waals surface area contributed by atoms with Crippen molar-refractivity contribution in [3.05, 3.63) is 28.8 Å². The first-order valence-corrected chi connectivity index (χ1v) is 6.36. The van der Waals surface area contributed by atoms with Gasteiger partial charge < -0.3 is 9.80 Å². The Bertz CT molecular complexity index is 405. The fourth-order valence-electron chi connectivity index (χ4n) is 3.01. The first-order valence-electron chi connectivity index (χ1n) is 5.98. The lowest BCUT2D eigenvalue weighted by molar-refractivity contribution is 0.333. The molecule has 0 amide bonds. The van der Waals surface area contributed by atoms with E-state index in [1.165, 1.54) is 24.2 Å². The Kier molecular flexibility index (Phi) is 2.56. The zero-order valence-electron chi connectivity index (χ0n) is 9.62. The Balaban J connectivity index is 1.98. The van der Waals surface area contributed by atoms with Gasteiger partial charge in [0, 0.05) is 19.1 Å². The molecule has 1 saturated heterocycles. The zero-order chi connectivity index (χ0) is 11.1. The largest absolute Gasteiger partial charge is 0.365 e. The van der Waals surface area contributed by atoms with E-state index in [2.05, 4.69) is 29.0 Å². The minimum Gasteiger partial charge on any atom is -0.365 e. The number of halogens is 1. The maximum absolute atomic E-state index is 6.32. The van der Waals surface area contributed by atoms with Gasteiger partial charge in [-0.2, -0.15) is 0 Å². The molecular weight excluding hydrogens is 220 g/mol. The zero-order valence-corrected chi connectivity index (χ0v) is 10.4. The number of hydrogen-bond donors (Lipinski definition) is 0. The summed E-state index contributed by atoms with van der Waals surface area (Å²) < 4.78 is 0. The van der Waals surface area contributed by atoms with E-state index >= 15 is 0 Å². The second-order valence-electron chi connectivity index (χ2n) is 4.91. The maximum atomic E-state index is 6.32. The predicted molar refractivity (Wildman–Crippen MR) is 68.4 cm³/mol. The molecule has 1 unspecified atom stereocenters. The summed E-state index contributed by atoms with van der Waals surface area (Å²) in [7, 11) is 2.22. The summed E-state index contributed by atoms with van der Waals surface area (Å²) in [5, 5.41) is 0.921. The SMILES string of the molecule is CN1CCCN2c3c(Cl)cccc3CC2C1. The third-order valence-electron chi connectivity index (χ3n) is 3.72. The molecule has 2 aliphatic heterocycles. The minimum absolute atomic E-state index is 0.627. The van der Waals surface area contributed by atoms with Gasteiger partial charge in [-0.05, 0) is 38.1 Å². The molecule has 1 aromatic rings. The minimum atomic E-state index is 0.627. The quantitative estimate of drug-likeness (QED) is 0.683. The molecule has 1 atom stereocenters. The van der Waals surface area contributed by atoms with E-state index < -0.39 is 0 Å². The molecule has 0 bridgehead atoms. The third kappa shape index (κ3) is 1.61. The van der Waals surface area contributed by atoms with E-state index in [0.717, 1.165) is 24.5 Å². The van der Waals surface area contributed by atoms with Crippen LogP contribution in [0.3, 0.4) is 0 Å². The lowest BCUT2D eigenvalue weighted by atomic mass is 10.1. The summed E-state index contributed by atoms with van der Waals surface area (Å²) in [6, 6.07) is 6.92. The first-order chi connectivity index (χ1) is 7.75. The highest BCUT2D eigenvalue weighted by molar-refractivity contribution is 6.33. The summed E-state index contributed by atoms with van der Waals surface area (Å²) in [6.07, 6.45) is 2.39. The van der Waals surface area contributed by atoms with Crippen molar-refractivity contribution < 1.29 is 0 Å². The van der Waals surface area contributed by atoms with Crippen molar-refractivity contribution in [2.24, 2.45) is 0 Å². The van der Waals surface area contributed by atoms with Crippen LogP contribution in [0.2, 0.25) is 5.02 Å². The summed E-state index contributed by atoms with van der Waals surface area (Å²) in [5.41, 5.74) is 2.72. The summed E-state index contributed by atoms with van der Waals surface area (Å²) in [5.74, 6) is 0. The number of likely N-dealkylation sites (N-methyl/N-ethyl adjacent to an activating group) is 1. The van der Waals surface area contributed by atoms with Crippen molar-refractivity contribution >= 4 is 17.3 Å². The third-order valence-corrected chi connectivity index (χ3v) is 4.02. The second-order valence-corrected chi connectivity index (χ2v) is 5.32. The fraction of sp³-hybridized carbons (Fsp3) is 0.538. The molecule has 2 heterocycles. The summed E-state index contributed by atoms with van der Waals surface area (Å²) in [4.78, 5) is 4.95. The monoisotopic (exact) mass is 236 g/mol. The molecule has 0 aliphatic carbocycles. The molecule has 3 heteroatoms. The number of benzene rings is 1. The molecule has 0 aromatic heterocycles. The normalized spacial score (nSPS) is 25.1. The Morgan fingerprint density at radius 2 is 2.19 bits per heavy atom. The predicted octanol–water partition coefficient (Wildman–Crippen LogP) is 2.41. The van der Waals surface area contributed by atoms with E-state index in [1.54, 1.807) is 0 Å². The molecule has 3 rings (SSSR count). The van der Waals surface area contributed by atoms with Gasteiger partial charge >= 0.3 is 0 Å². The van der Waals surface area contributed by atoms with Gasteiger partial charge in [-0.15, -0.1) is 0 Å². The van der Waals surface area contributed by atoms with Gasteiger partial charge in [0.1, 0.15) is 0 Å². The number of anilines is 1. The maximum Gasteiger partial charge on any atom is 0.0642 e. The molecular formula is C13H17ClN2. The van der Waals surface area contributed by atoms with Gasteiger partial charge in [0.2, 0.25) is 0 Å².